The Bertz CT molecular complexity index is 453. The standard InChI is InChI=1S/C14H19Cl2N3O/c15-12-2-1-3-13(16)11(12)8-18-10-4-6-19(7-5-10)9-14(17)20/h1-3,10,18H,4-9H2,(H2,17,20). The van der Waals surface area contributed by atoms with Crippen molar-refractivity contribution in [2.75, 3.05) is 19.6 Å². The summed E-state index contributed by atoms with van der Waals surface area (Å²) in [4.78, 5) is 13.0. The normalized spacial score (nSPS) is 17.3. The number of likely N-dealkylation sites (tertiary alicyclic amines) is 1. The van der Waals surface area contributed by atoms with E-state index in [1.165, 1.54) is 0 Å². The number of piperidine rings is 1. The van der Waals surface area contributed by atoms with Gasteiger partial charge in [0.1, 0.15) is 0 Å². The highest BCUT2D eigenvalue weighted by Crippen LogP contribution is 2.24. The number of nitrogens with two attached hydrogens (primary N) is 1. The van der Waals surface area contributed by atoms with Gasteiger partial charge in [0, 0.05) is 41.3 Å². The molecule has 0 bridgehead atoms. The van der Waals surface area contributed by atoms with Crippen LogP contribution in [0, 0.1) is 0 Å². The smallest absolute Gasteiger partial charge is 0.231 e. The number of nitrogens with zero attached hydrogens (tertiary/aromatic N) is 1. The second kappa shape index (κ2) is 7.27. The molecule has 0 aromatic heterocycles. The summed E-state index contributed by atoms with van der Waals surface area (Å²) in [5.74, 6) is -0.265. The topological polar surface area (TPSA) is 58.4 Å². The minimum Gasteiger partial charge on any atom is -0.369 e. The quantitative estimate of drug-likeness (QED) is 0.874. The Kier molecular flexibility index (Phi) is 5.66. The lowest BCUT2D eigenvalue weighted by Crippen LogP contribution is -2.45. The Morgan fingerprint density at radius 3 is 2.45 bits per heavy atom. The summed E-state index contributed by atoms with van der Waals surface area (Å²) in [6.07, 6.45) is 1.99. The summed E-state index contributed by atoms with van der Waals surface area (Å²) in [6, 6.07) is 5.96. The number of rotatable bonds is 5. The maximum Gasteiger partial charge on any atom is 0.231 e. The first-order chi connectivity index (χ1) is 9.56. The van der Waals surface area contributed by atoms with Crippen molar-refractivity contribution in [3.8, 4) is 0 Å². The van der Waals surface area contributed by atoms with Crippen molar-refractivity contribution in [1.82, 2.24) is 10.2 Å². The molecular formula is C14H19Cl2N3O. The highest BCUT2D eigenvalue weighted by molar-refractivity contribution is 6.35. The molecule has 1 heterocycles. The molecule has 1 saturated heterocycles. The highest BCUT2D eigenvalue weighted by Gasteiger charge is 2.20. The number of hydrogen-bond acceptors (Lipinski definition) is 3. The lowest BCUT2D eigenvalue weighted by atomic mass is 10.0. The third kappa shape index (κ3) is 4.35. The molecule has 1 fully saturated rings. The minimum absolute atomic E-state index is 0.265. The Morgan fingerprint density at radius 1 is 1.30 bits per heavy atom. The summed E-state index contributed by atoms with van der Waals surface area (Å²) in [5, 5.41) is 4.86. The van der Waals surface area contributed by atoms with Gasteiger partial charge in [-0.15, -0.1) is 0 Å². The highest BCUT2D eigenvalue weighted by atomic mass is 35.5. The van der Waals surface area contributed by atoms with E-state index in [1.807, 2.05) is 18.2 Å². The molecule has 110 valence electrons. The van der Waals surface area contributed by atoms with Gasteiger partial charge in [0.2, 0.25) is 5.91 Å². The number of halogens is 2. The molecule has 4 nitrogen and oxygen atoms in total. The van der Waals surface area contributed by atoms with E-state index in [-0.39, 0.29) is 5.91 Å². The number of benzene rings is 1. The molecule has 0 aliphatic carbocycles. The lowest BCUT2D eigenvalue weighted by molar-refractivity contribution is -0.119. The molecule has 6 heteroatoms. The summed E-state index contributed by atoms with van der Waals surface area (Å²) in [7, 11) is 0. The van der Waals surface area contributed by atoms with Gasteiger partial charge in [-0.2, -0.15) is 0 Å². The van der Waals surface area contributed by atoms with Gasteiger partial charge in [-0.3, -0.25) is 9.69 Å². The molecular weight excluding hydrogens is 297 g/mol. The maximum atomic E-state index is 10.9. The number of primary amides is 1. The molecule has 0 atom stereocenters. The molecule has 0 unspecified atom stereocenters. The van der Waals surface area contributed by atoms with Crippen LogP contribution >= 0.6 is 23.2 Å². The van der Waals surface area contributed by atoms with E-state index in [1.54, 1.807) is 0 Å². The third-order valence-corrected chi connectivity index (χ3v) is 4.30. The fraction of sp³-hybridized carbons (Fsp3) is 0.500. The molecule has 0 spiro atoms. The fourth-order valence-corrected chi connectivity index (χ4v) is 2.99. The second-order valence-corrected chi connectivity index (χ2v) is 5.91. The molecule has 0 saturated carbocycles. The first-order valence-corrected chi connectivity index (χ1v) is 7.49. The Labute approximate surface area is 129 Å². The monoisotopic (exact) mass is 315 g/mol. The number of carbonyl (C=O) groups excluding carboxylic acids is 1. The average molecular weight is 316 g/mol. The van der Waals surface area contributed by atoms with Gasteiger partial charge < -0.3 is 11.1 Å². The van der Waals surface area contributed by atoms with Crippen LogP contribution in [0.15, 0.2) is 18.2 Å². The van der Waals surface area contributed by atoms with Gasteiger partial charge >= 0.3 is 0 Å². The summed E-state index contributed by atoms with van der Waals surface area (Å²) < 4.78 is 0. The van der Waals surface area contributed by atoms with Crippen LogP contribution in [0.3, 0.4) is 0 Å². The first kappa shape index (κ1) is 15.6. The fourth-order valence-electron chi connectivity index (χ4n) is 2.46. The van der Waals surface area contributed by atoms with E-state index in [0.717, 1.165) is 31.5 Å². The number of amides is 1. The number of carbonyl (C=O) groups is 1. The van der Waals surface area contributed by atoms with Crippen LogP contribution in [-0.4, -0.2) is 36.5 Å². The van der Waals surface area contributed by atoms with E-state index >= 15 is 0 Å². The molecule has 1 aliphatic heterocycles. The molecule has 3 N–H and O–H groups in total. The number of hydrogen-bond donors (Lipinski definition) is 2. The van der Waals surface area contributed by atoms with Crippen LogP contribution in [0.1, 0.15) is 18.4 Å². The van der Waals surface area contributed by atoms with Crippen molar-refractivity contribution in [3.05, 3.63) is 33.8 Å². The zero-order valence-electron chi connectivity index (χ0n) is 11.2. The van der Waals surface area contributed by atoms with Crippen molar-refractivity contribution in [1.29, 1.82) is 0 Å². The first-order valence-electron chi connectivity index (χ1n) is 6.73. The van der Waals surface area contributed by atoms with Crippen LogP contribution in [-0.2, 0) is 11.3 Å². The van der Waals surface area contributed by atoms with Crippen LogP contribution in [0.5, 0.6) is 0 Å². The summed E-state index contributed by atoms with van der Waals surface area (Å²) >= 11 is 12.3. The van der Waals surface area contributed by atoms with Gasteiger partial charge in [0.25, 0.3) is 0 Å². The molecule has 1 aromatic rings. The van der Waals surface area contributed by atoms with Crippen LogP contribution in [0.25, 0.3) is 0 Å². The van der Waals surface area contributed by atoms with E-state index in [4.69, 9.17) is 28.9 Å². The Balaban J connectivity index is 1.80. The van der Waals surface area contributed by atoms with Crippen molar-refractivity contribution in [2.24, 2.45) is 5.73 Å². The van der Waals surface area contributed by atoms with E-state index in [0.29, 0.717) is 29.2 Å². The van der Waals surface area contributed by atoms with Crippen molar-refractivity contribution in [2.45, 2.75) is 25.4 Å². The maximum absolute atomic E-state index is 10.9. The minimum atomic E-state index is -0.265. The second-order valence-electron chi connectivity index (χ2n) is 5.10. The molecule has 1 aliphatic rings. The van der Waals surface area contributed by atoms with E-state index in [2.05, 4.69) is 10.2 Å². The zero-order chi connectivity index (χ0) is 14.5. The van der Waals surface area contributed by atoms with Crippen molar-refractivity contribution < 1.29 is 4.79 Å². The Morgan fingerprint density at radius 2 is 1.90 bits per heavy atom. The van der Waals surface area contributed by atoms with Crippen LogP contribution in [0.4, 0.5) is 0 Å². The summed E-state index contributed by atoms with van der Waals surface area (Å²) in [6.45, 7) is 2.79. The van der Waals surface area contributed by atoms with E-state index < -0.39 is 0 Å². The number of nitrogens with one attached hydrogen (secondary N) is 1. The molecule has 1 amide bonds. The average Bonchev–Trinajstić information content (AvgIpc) is 2.39. The van der Waals surface area contributed by atoms with Gasteiger partial charge in [-0.1, -0.05) is 29.3 Å². The molecule has 20 heavy (non-hydrogen) atoms. The van der Waals surface area contributed by atoms with Gasteiger partial charge in [0.15, 0.2) is 0 Å². The van der Waals surface area contributed by atoms with Crippen LogP contribution < -0.4 is 11.1 Å². The molecule has 0 radical (unpaired) electrons. The lowest BCUT2D eigenvalue weighted by Gasteiger charge is -2.31. The van der Waals surface area contributed by atoms with Crippen molar-refractivity contribution >= 4 is 29.1 Å². The predicted octanol–water partition coefficient (Wildman–Crippen LogP) is 2.03. The predicted molar refractivity (Wildman–Crippen MR) is 82.0 cm³/mol. The van der Waals surface area contributed by atoms with Gasteiger partial charge in [-0.25, -0.2) is 0 Å². The SMILES string of the molecule is NC(=O)CN1CCC(NCc2c(Cl)cccc2Cl)CC1. The summed E-state index contributed by atoms with van der Waals surface area (Å²) in [5.41, 5.74) is 6.14. The van der Waals surface area contributed by atoms with Crippen LogP contribution in [0.2, 0.25) is 10.0 Å². The largest absolute Gasteiger partial charge is 0.369 e. The van der Waals surface area contributed by atoms with E-state index in [9.17, 15) is 4.79 Å². The van der Waals surface area contributed by atoms with Gasteiger partial charge in [0.05, 0.1) is 6.54 Å². The Hall–Kier alpha value is -0.810. The molecule has 1 aromatic carbocycles. The van der Waals surface area contributed by atoms with Gasteiger partial charge in [-0.05, 0) is 25.0 Å². The van der Waals surface area contributed by atoms with Crippen molar-refractivity contribution in [3.63, 3.8) is 0 Å². The third-order valence-electron chi connectivity index (χ3n) is 3.60. The molecule has 2 rings (SSSR count). The zero-order valence-corrected chi connectivity index (χ0v) is 12.8.